The summed E-state index contributed by atoms with van der Waals surface area (Å²) in [5.41, 5.74) is 2.15. The largest absolute Gasteiger partial charge is 0.460 e. The van der Waals surface area contributed by atoms with E-state index < -0.39 is 0 Å². The summed E-state index contributed by atoms with van der Waals surface area (Å²) >= 11 is 2.00. The van der Waals surface area contributed by atoms with E-state index >= 15 is 0 Å². The van der Waals surface area contributed by atoms with Crippen molar-refractivity contribution in [2.45, 2.75) is 37.5 Å². The van der Waals surface area contributed by atoms with E-state index in [1.54, 1.807) is 0 Å². The van der Waals surface area contributed by atoms with Gasteiger partial charge in [0.25, 0.3) is 0 Å². The molecule has 0 radical (unpaired) electrons. The van der Waals surface area contributed by atoms with E-state index in [2.05, 4.69) is 21.8 Å². The van der Waals surface area contributed by atoms with Gasteiger partial charge in [-0.15, -0.1) is 0 Å². The topological polar surface area (TPSA) is 53.9 Å². The summed E-state index contributed by atoms with van der Waals surface area (Å²) in [4.78, 5) is 0. The molecule has 2 N–H and O–H groups in total. The Kier molecular flexibility index (Phi) is 3.89. The van der Waals surface area contributed by atoms with Gasteiger partial charge in [0.05, 0.1) is 6.20 Å². The quantitative estimate of drug-likeness (QED) is 0.857. The van der Waals surface area contributed by atoms with Gasteiger partial charge < -0.3 is 9.73 Å². The van der Waals surface area contributed by atoms with Gasteiger partial charge in [0.15, 0.2) is 5.76 Å². The molecule has 0 amide bonds. The van der Waals surface area contributed by atoms with Crippen LogP contribution in [-0.2, 0) is 6.54 Å². The van der Waals surface area contributed by atoms with E-state index in [-0.39, 0.29) is 0 Å². The molecule has 0 atom stereocenters. The highest BCUT2D eigenvalue weighted by Crippen LogP contribution is 2.42. The fourth-order valence-electron chi connectivity index (χ4n) is 2.68. The molecule has 1 fully saturated rings. The second kappa shape index (κ2) is 5.66. The minimum Gasteiger partial charge on any atom is -0.460 e. The molecule has 0 unspecified atom stereocenters. The van der Waals surface area contributed by atoms with Gasteiger partial charge >= 0.3 is 0 Å². The summed E-state index contributed by atoms with van der Waals surface area (Å²) < 4.78 is 6.13. The van der Waals surface area contributed by atoms with Crippen molar-refractivity contribution in [3.8, 4) is 11.5 Å². The Bertz CT molecular complexity index is 566. The maximum atomic E-state index is 5.67. The van der Waals surface area contributed by atoms with Crippen molar-refractivity contribution in [2.24, 2.45) is 0 Å². The molecule has 0 aromatic carbocycles. The summed E-state index contributed by atoms with van der Waals surface area (Å²) in [7, 11) is 0. The third kappa shape index (κ3) is 2.65. The van der Waals surface area contributed by atoms with Crippen molar-refractivity contribution in [1.82, 2.24) is 15.5 Å². The predicted octanol–water partition coefficient (Wildman–Crippen LogP) is 3.35. The molecule has 4 nitrogen and oxygen atoms in total. The van der Waals surface area contributed by atoms with Crippen LogP contribution >= 0.6 is 11.8 Å². The molecule has 1 aliphatic carbocycles. The Hall–Kier alpha value is -1.20. The van der Waals surface area contributed by atoms with Gasteiger partial charge in [-0.3, -0.25) is 5.10 Å². The number of aromatic amines is 1. The number of nitrogens with one attached hydrogen (secondary N) is 2. The summed E-state index contributed by atoms with van der Waals surface area (Å²) in [6, 6.07) is 3.96. The molecule has 3 rings (SSSR count). The van der Waals surface area contributed by atoms with Gasteiger partial charge in [-0.1, -0.05) is 6.42 Å². The van der Waals surface area contributed by atoms with Gasteiger partial charge in [0.2, 0.25) is 0 Å². The van der Waals surface area contributed by atoms with Crippen molar-refractivity contribution in [1.29, 1.82) is 0 Å². The molecule has 2 heterocycles. The van der Waals surface area contributed by atoms with Crippen molar-refractivity contribution in [3.05, 3.63) is 29.7 Å². The van der Waals surface area contributed by atoms with Crippen LogP contribution in [0.2, 0.25) is 0 Å². The fourth-order valence-corrected chi connectivity index (χ4v) is 3.62. The first-order valence-electron chi connectivity index (χ1n) is 7.07. The van der Waals surface area contributed by atoms with Crippen LogP contribution in [0.4, 0.5) is 0 Å². The van der Waals surface area contributed by atoms with Crippen LogP contribution in [0.25, 0.3) is 11.5 Å². The molecule has 0 spiro atoms. The Balaban J connectivity index is 1.62. The Morgan fingerprint density at radius 1 is 1.45 bits per heavy atom. The maximum absolute atomic E-state index is 5.67. The third-order valence-electron chi connectivity index (χ3n) is 4.17. The summed E-state index contributed by atoms with van der Waals surface area (Å²) in [6.45, 7) is 3.85. The van der Waals surface area contributed by atoms with E-state index in [1.165, 1.54) is 19.3 Å². The molecule has 20 heavy (non-hydrogen) atoms. The lowest BCUT2D eigenvalue weighted by molar-refractivity contribution is 0.345. The van der Waals surface area contributed by atoms with E-state index in [1.807, 2.05) is 37.0 Å². The van der Waals surface area contributed by atoms with E-state index in [4.69, 9.17) is 4.42 Å². The first-order valence-corrected chi connectivity index (χ1v) is 8.30. The number of nitrogens with zero attached hydrogens (tertiary/aromatic N) is 1. The molecule has 2 aromatic rings. The van der Waals surface area contributed by atoms with E-state index in [0.717, 1.165) is 35.9 Å². The smallest absolute Gasteiger partial charge is 0.152 e. The zero-order valence-electron chi connectivity index (χ0n) is 12.0. The molecule has 1 aliphatic rings. The van der Waals surface area contributed by atoms with E-state index in [0.29, 0.717) is 4.75 Å². The van der Waals surface area contributed by atoms with Crippen molar-refractivity contribution < 1.29 is 4.42 Å². The number of H-pyrrole nitrogens is 1. The van der Waals surface area contributed by atoms with Crippen molar-refractivity contribution >= 4 is 11.8 Å². The minimum atomic E-state index is 0.463. The third-order valence-corrected chi connectivity index (χ3v) is 5.58. The van der Waals surface area contributed by atoms with Crippen LogP contribution < -0.4 is 5.32 Å². The second-order valence-electron chi connectivity index (χ2n) is 5.52. The van der Waals surface area contributed by atoms with Gasteiger partial charge in [0.1, 0.15) is 11.5 Å². The van der Waals surface area contributed by atoms with Crippen molar-refractivity contribution in [2.75, 3.05) is 12.8 Å². The number of rotatable bonds is 6. The van der Waals surface area contributed by atoms with Crippen LogP contribution in [0, 0.1) is 6.92 Å². The van der Waals surface area contributed by atoms with Crippen LogP contribution in [0.3, 0.4) is 0 Å². The lowest BCUT2D eigenvalue weighted by Crippen LogP contribution is -2.43. The first kappa shape index (κ1) is 13.8. The molecule has 0 bridgehead atoms. The van der Waals surface area contributed by atoms with Crippen molar-refractivity contribution in [3.63, 3.8) is 0 Å². The van der Waals surface area contributed by atoms with Gasteiger partial charge in [0, 0.05) is 23.4 Å². The van der Waals surface area contributed by atoms with E-state index in [9.17, 15) is 0 Å². The van der Waals surface area contributed by atoms with Crippen LogP contribution in [0.1, 0.15) is 30.6 Å². The molecule has 5 heteroatoms. The number of hydrogen-bond acceptors (Lipinski definition) is 4. The Labute approximate surface area is 123 Å². The fraction of sp³-hybridized carbons (Fsp3) is 0.533. The summed E-state index contributed by atoms with van der Waals surface area (Å²) in [6.07, 6.45) is 8.13. The lowest BCUT2D eigenvalue weighted by atomic mass is 9.84. The normalized spacial score (nSPS) is 17.1. The Morgan fingerprint density at radius 2 is 2.30 bits per heavy atom. The van der Waals surface area contributed by atoms with Crippen LogP contribution in [0.15, 0.2) is 22.7 Å². The lowest BCUT2D eigenvalue weighted by Gasteiger charge is -2.40. The maximum Gasteiger partial charge on any atom is 0.152 e. The number of hydrogen-bond donors (Lipinski definition) is 2. The van der Waals surface area contributed by atoms with Crippen LogP contribution in [0.5, 0.6) is 0 Å². The molecular weight excluding hydrogens is 270 g/mol. The van der Waals surface area contributed by atoms with Gasteiger partial charge in [-0.2, -0.15) is 16.9 Å². The highest BCUT2D eigenvalue weighted by Gasteiger charge is 2.35. The molecular formula is C15H21N3OS. The standard InChI is InChI=1S/C15H21N3OS/c1-11-4-5-13(19-11)14-12(9-17-18-14)8-16-10-15(20-2)6-3-7-15/h4-5,9,16H,3,6-8,10H2,1-2H3,(H,17,18). The zero-order valence-corrected chi connectivity index (χ0v) is 12.8. The summed E-state index contributed by atoms with van der Waals surface area (Å²) in [5, 5.41) is 10.8. The highest BCUT2D eigenvalue weighted by atomic mass is 32.2. The number of furan rings is 1. The zero-order chi connectivity index (χ0) is 14.0. The van der Waals surface area contributed by atoms with Gasteiger partial charge in [-0.05, 0) is 38.2 Å². The molecule has 0 aliphatic heterocycles. The summed E-state index contributed by atoms with van der Waals surface area (Å²) in [5.74, 6) is 1.78. The molecule has 0 saturated heterocycles. The minimum absolute atomic E-state index is 0.463. The number of aryl methyl sites for hydroxylation is 1. The molecule has 1 saturated carbocycles. The van der Waals surface area contributed by atoms with Gasteiger partial charge in [-0.25, -0.2) is 0 Å². The monoisotopic (exact) mass is 291 g/mol. The van der Waals surface area contributed by atoms with Crippen LogP contribution in [-0.4, -0.2) is 27.7 Å². The average Bonchev–Trinajstić information content (AvgIpc) is 3.01. The number of thioether (sulfide) groups is 1. The molecule has 108 valence electrons. The number of aromatic nitrogens is 2. The average molecular weight is 291 g/mol. The second-order valence-corrected chi connectivity index (χ2v) is 6.80. The Morgan fingerprint density at radius 3 is 2.90 bits per heavy atom. The predicted molar refractivity (Wildman–Crippen MR) is 82.8 cm³/mol. The highest BCUT2D eigenvalue weighted by molar-refractivity contribution is 8.00. The molecule has 2 aromatic heterocycles. The SMILES string of the molecule is CSC1(CNCc2cn[nH]c2-c2ccc(C)o2)CCC1. The first-order chi connectivity index (χ1) is 9.72.